The fourth-order valence-corrected chi connectivity index (χ4v) is 2.39. The highest BCUT2D eigenvalue weighted by molar-refractivity contribution is 14.1. The van der Waals surface area contributed by atoms with Gasteiger partial charge in [0.2, 0.25) is 0 Å². The van der Waals surface area contributed by atoms with E-state index in [4.69, 9.17) is 0 Å². The molecule has 1 heteroatoms. The van der Waals surface area contributed by atoms with Crippen molar-refractivity contribution in [2.45, 2.75) is 10.3 Å². The molecule has 0 bridgehead atoms. The number of benzene rings is 2. The third-order valence-electron chi connectivity index (χ3n) is 2.95. The Balaban J connectivity index is 2.05. The van der Waals surface area contributed by atoms with Crippen LogP contribution in [0.4, 0.5) is 0 Å². The van der Waals surface area contributed by atoms with Gasteiger partial charge in [0.05, 0.1) is 3.42 Å². The Labute approximate surface area is 129 Å². The Morgan fingerprint density at radius 1 is 0.842 bits per heavy atom. The zero-order chi connectivity index (χ0) is 13.6. The number of rotatable bonds is 4. The molecule has 0 N–H and O–H groups in total. The van der Waals surface area contributed by atoms with E-state index < -0.39 is 0 Å². The lowest BCUT2D eigenvalue weighted by atomic mass is 10.0. The van der Waals surface area contributed by atoms with Crippen LogP contribution in [0.25, 0.3) is 6.08 Å². The van der Waals surface area contributed by atoms with E-state index in [1.807, 2.05) is 6.07 Å². The van der Waals surface area contributed by atoms with Gasteiger partial charge in [-0.1, -0.05) is 108 Å². The number of hydrogen-bond acceptors (Lipinski definition) is 0. The lowest BCUT2D eigenvalue weighted by Gasteiger charge is -2.18. The molecular formula is C18H17I. The molecule has 2 aromatic rings. The van der Waals surface area contributed by atoms with Gasteiger partial charge in [0, 0.05) is 0 Å². The smallest absolute Gasteiger partial charge is 0.0624 e. The van der Waals surface area contributed by atoms with Crippen LogP contribution < -0.4 is 0 Å². The fourth-order valence-electron chi connectivity index (χ4n) is 1.83. The number of alkyl halides is 1. The van der Waals surface area contributed by atoms with Crippen LogP contribution in [0.3, 0.4) is 0 Å². The van der Waals surface area contributed by atoms with Crippen LogP contribution in [-0.4, -0.2) is 0 Å². The van der Waals surface area contributed by atoms with Crippen molar-refractivity contribution in [1.29, 1.82) is 0 Å². The summed E-state index contributed by atoms with van der Waals surface area (Å²) in [6.45, 7) is 2.22. The SMILES string of the molecule is C[C@](I)(/C=C\C=C\c1ccccc1)c1ccccc1. The highest BCUT2D eigenvalue weighted by Crippen LogP contribution is 2.32. The average molecular weight is 360 g/mol. The summed E-state index contributed by atoms with van der Waals surface area (Å²) in [6.07, 6.45) is 8.55. The summed E-state index contributed by atoms with van der Waals surface area (Å²) in [5, 5.41) is 0. The molecule has 1 atom stereocenters. The molecule has 19 heavy (non-hydrogen) atoms. The van der Waals surface area contributed by atoms with Gasteiger partial charge in [-0.05, 0) is 18.1 Å². The van der Waals surface area contributed by atoms with Crippen LogP contribution >= 0.6 is 22.6 Å². The maximum absolute atomic E-state index is 2.48. The van der Waals surface area contributed by atoms with Crippen LogP contribution in [-0.2, 0) is 3.42 Å². The van der Waals surface area contributed by atoms with Crippen LogP contribution in [0.2, 0.25) is 0 Å². The molecular weight excluding hydrogens is 343 g/mol. The Morgan fingerprint density at radius 3 is 2.05 bits per heavy atom. The highest BCUT2D eigenvalue weighted by Gasteiger charge is 2.17. The summed E-state index contributed by atoms with van der Waals surface area (Å²) >= 11 is 2.48. The first kappa shape index (κ1) is 14.1. The van der Waals surface area contributed by atoms with Crippen LogP contribution in [0.1, 0.15) is 18.1 Å². The molecule has 0 aliphatic carbocycles. The van der Waals surface area contributed by atoms with E-state index in [-0.39, 0.29) is 3.42 Å². The second-order valence-corrected chi connectivity index (χ2v) is 6.81. The second kappa shape index (κ2) is 6.71. The first-order valence-electron chi connectivity index (χ1n) is 6.34. The Morgan fingerprint density at radius 2 is 1.42 bits per heavy atom. The third kappa shape index (κ3) is 4.35. The van der Waals surface area contributed by atoms with Gasteiger partial charge in [0.15, 0.2) is 0 Å². The minimum Gasteiger partial charge on any atom is -0.0693 e. The van der Waals surface area contributed by atoms with Gasteiger partial charge < -0.3 is 0 Å². The van der Waals surface area contributed by atoms with Gasteiger partial charge in [-0.25, -0.2) is 0 Å². The quantitative estimate of drug-likeness (QED) is 0.378. The van der Waals surface area contributed by atoms with E-state index in [2.05, 4.69) is 108 Å². The molecule has 0 amide bonds. The van der Waals surface area contributed by atoms with Crippen molar-refractivity contribution >= 4 is 28.7 Å². The number of halogens is 1. The summed E-state index contributed by atoms with van der Waals surface area (Å²) < 4.78 is 0.0278. The van der Waals surface area contributed by atoms with Crippen molar-refractivity contribution < 1.29 is 0 Å². The van der Waals surface area contributed by atoms with Crippen molar-refractivity contribution in [2.24, 2.45) is 0 Å². The Bertz CT molecular complexity index is 551. The van der Waals surface area contributed by atoms with Gasteiger partial charge in [0.25, 0.3) is 0 Å². The van der Waals surface area contributed by atoms with Crippen molar-refractivity contribution in [3.63, 3.8) is 0 Å². The van der Waals surface area contributed by atoms with E-state index in [9.17, 15) is 0 Å². The predicted molar refractivity (Wildman–Crippen MR) is 92.4 cm³/mol. The van der Waals surface area contributed by atoms with E-state index in [0.29, 0.717) is 0 Å². The Kier molecular flexibility index (Phi) is 4.97. The zero-order valence-corrected chi connectivity index (χ0v) is 13.1. The molecule has 0 nitrogen and oxygen atoms in total. The summed E-state index contributed by atoms with van der Waals surface area (Å²) in [5.74, 6) is 0. The Hall–Kier alpha value is -1.35. The molecule has 0 aliphatic heterocycles. The topological polar surface area (TPSA) is 0 Å². The molecule has 0 aromatic heterocycles. The van der Waals surface area contributed by atoms with E-state index >= 15 is 0 Å². The van der Waals surface area contributed by atoms with Crippen LogP contribution in [0.15, 0.2) is 78.9 Å². The molecule has 96 valence electrons. The zero-order valence-electron chi connectivity index (χ0n) is 11.0. The predicted octanol–water partition coefficient (Wildman–Crippen LogP) is 5.61. The molecule has 0 unspecified atom stereocenters. The molecule has 2 rings (SSSR count). The van der Waals surface area contributed by atoms with Gasteiger partial charge in [0.1, 0.15) is 0 Å². The van der Waals surface area contributed by atoms with Crippen LogP contribution in [0.5, 0.6) is 0 Å². The van der Waals surface area contributed by atoms with Crippen molar-refractivity contribution in [1.82, 2.24) is 0 Å². The lowest BCUT2D eigenvalue weighted by Crippen LogP contribution is -2.07. The summed E-state index contributed by atoms with van der Waals surface area (Å²) in [6, 6.07) is 20.9. The fraction of sp³-hybridized carbons (Fsp3) is 0.111. The number of allylic oxidation sites excluding steroid dienone is 3. The van der Waals surface area contributed by atoms with Gasteiger partial charge in [-0.15, -0.1) is 0 Å². The van der Waals surface area contributed by atoms with Crippen molar-refractivity contribution in [3.8, 4) is 0 Å². The maximum atomic E-state index is 2.48. The molecule has 0 radical (unpaired) electrons. The average Bonchev–Trinajstić information content (AvgIpc) is 2.46. The van der Waals surface area contributed by atoms with Gasteiger partial charge in [-0.2, -0.15) is 0 Å². The first-order chi connectivity index (χ1) is 9.18. The maximum Gasteiger partial charge on any atom is 0.0624 e. The standard InChI is InChI=1S/C18H17I/c1-18(19,17-13-6-3-7-14-17)15-9-8-12-16-10-4-2-5-11-16/h2-15H,1H3/b12-8+,15-9-/t18-/m0/s1. The van der Waals surface area contributed by atoms with Gasteiger partial charge >= 0.3 is 0 Å². The largest absolute Gasteiger partial charge is 0.0693 e. The summed E-state index contributed by atoms with van der Waals surface area (Å²) in [4.78, 5) is 0. The first-order valence-corrected chi connectivity index (χ1v) is 7.42. The summed E-state index contributed by atoms with van der Waals surface area (Å²) in [7, 11) is 0. The number of hydrogen-bond donors (Lipinski definition) is 0. The molecule has 2 aromatic carbocycles. The normalized spacial score (nSPS) is 14.8. The molecule has 0 saturated carbocycles. The minimum atomic E-state index is 0.0278. The molecule has 0 heterocycles. The van der Waals surface area contributed by atoms with Gasteiger partial charge in [-0.3, -0.25) is 0 Å². The molecule has 0 spiro atoms. The van der Waals surface area contributed by atoms with Crippen molar-refractivity contribution in [3.05, 3.63) is 90.0 Å². The monoisotopic (exact) mass is 360 g/mol. The van der Waals surface area contributed by atoms with E-state index in [0.717, 1.165) is 0 Å². The minimum absolute atomic E-state index is 0.0278. The van der Waals surface area contributed by atoms with E-state index in [1.54, 1.807) is 0 Å². The highest BCUT2D eigenvalue weighted by atomic mass is 127. The molecule has 0 fully saturated rings. The third-order valence-corrected chi connectivity index (χ3v) is 3.93. The molecule has 0 aliphatic rings. The second-order valence-electron chi connectivity index (χ2n) is 4.57. The van der Waals surface area contributed by atoms with Crippen molar-refractivity contribution in [2.75, 3.05) is 0 Å². The van der Waals surface area contributed by atoms with Crippen LogP contribution in [0, 0.1) is 0 Å². The van der Waals surface area contributed by atoms with E-state index in [1.165, 1.54) is 11.1 Å². The summed E-state index contributed by atoms with van der Waals surface area (Å²) in [5.41, 5.74) is 2.54. The molecule has 0 saturated heterocycles. The lowest BCUT2D eigenvalue weighted by molar-refractivity contribution is 0.927.